The smallest absolute Gasteiger partial charge is 0.269 e. The van der Waals surface area contributed by atoms with Crippen LogP contribution in [0.15, 0.2) is 29.2 Å². The molecule has 2 rings (SSSR count). The number of ether oxygens (including phenoxy) is 1. The minimum absolute atomic E-state index is 0.0168. The lowest BCUT2D eigenvalue weighted by Crippen LogP contribution is -2.64. The van der Waals surface area contributed by atoms with Crippen LogP contribution >= 0.6 is 11.6 Å². The number of halogens is 1. The molecule has 0 amide bonds. The maximum absolute atomic E-state index is 13.7. The van der Waals surface area contributed by atoms with Crippen LogP contribution in [-0.4, -0.2) is 78.2 Å². The Hall–Kier alpha value is -0.866. The van der Waals surface area contributed by atoms with Crippen molar-refractivity contribution in [1.82, 2.24) is 4.31 Å². The van der Waals surface area contributed by atoms with Crippen LogP contribution in [0.4, 0.5) is 5.69 Å². The number of nitro benzene ring substituents is 1. The number of nitrogens with zero attached hydrogens (tertiary/aromatic N) is 2. The summed E-state index contributed by atoms with van der Waals surface area (Å²) in [7, 11) is -8.43. The molecule has 1 aliphatic heterocycles. The summed E-state index contributed by atoms with van der Waals surface area (Å²) < 4.78 is 48.5. The molecule has 1 aromatic carbocycles. The molecule has 0 spiro atoms. The summed E-state index contributed by atoms with van der Waals surface area (Å²) in [5.74, 6) is 0.0915. The lowest BCUT2D eigenvalue weighted by molar-refractivity contribution is -0.384. The van der Waals surface area contributed by atoms with Gasteiger partial charge >= 0.3 is 0 Å². The quantitative estimate of drug-likeness (QED) is 0.139. The summed E-state index contributed by atoms with van der Waals surface area (Å²) >= 11 is 6.26. The number of rotatable bonds is 10. The van der Waals surface area contributed by atoms with Crippen molar-refractivity contribution < 1.29 is 26.9 Å². The molecule has 1 fully saturated rings. The lowest BCUT2D eigenvalue weighted by atomic mass is 10.0. The van der Waals surface area contributed by atoms with E-state index in [4.69, 9.17) is 25.2 Å². The zero-order valence-electron chi connectivity index (χ0n) is 24.5. The second kappa shape index (κ2) is 11.6. The average molecular weight is 609 g/mol. The van der Waals surface area contributed by atoms with E-state index in [-0.39, 0.29) is 52.8 Å². The first kappa shape index (κ1) is 33.3. The first-order chi connectivity index (χ1) is 17.1. The molecule has 1 atom stereocenters. The maximum atomic E-state index is 13.7. The van der Waals surface area contributed by atoms with Crippen molar-refractivity contribution in [2.75, 3.05) is 32.2 Å². The van der Waals surface area contributed by atoms with Gasteiger partial charge in [-0.05, 0) is 48.4 Å². The predicted molar refractivity (Wildman–Crippen MR) is 156 cm³/mol. The van der Waals surface area contributed by atoms with Crippen molar-refractivity contribution in [2.24, 2.45) is 0 Å². The third-order valence-electron chi connectivity index (χ3n) is 8.15. The molecule has 0 unspecified atom stereocenters. The van der Waals surface area contributed by atoms with E-state index in [1.807, 2.05) is 0 Å². The Morgan fingerprint density at radius 3 is 1.84 bits per heavy atom. The number of benzene rings is 1. The van der Waals surface area contributed by atoms with Crippen molar-refractivity contribution >= 4 is 43.9 Å². The summed E-state index contributed by atoms with van der Waals surface area (Å²) in [5.41, 5.74) is -1.25. The predicted octanol–water partition coefficient (Wildman–Crippen LogP) is 6.01. The maximum Gasteiger partial charge on any atom is 0.269 e. The summed E-state index contributed by atoms with van der Waals surface area (Å²) in [6.45, 7) is 21.8. The van der Waals surface area contributed by atoms with E-state index < -0.39 is 43.3 Å². The van der Waals surface area contributed by atoms with Gasteiger partial charge in [0.1, 0.15) is 5.60 Å². The average Bonchev–Trinajstić information content (AvgIpc) is 2.80. The number of nitro groups is 1. The highest BCUT2D eigenvalue weighted by Crippen LogP contribution is 2.40. The zero-order chi connectivity index (χ0) is 29.4. The van der Waals surface area contributed by atoms with E-state index in [0.29, 0.717) is 0 Å². The molecule has 38 heavy (non-hydrogen) atoms. The van der Waals surface area contributed by atoms with Crippen LogP contribution in [0.3, 0.4) is 0 Å². The molecule has 0 radical (unpaired) electrons. The largest absolute Gasteiger partial charge is 0.414 e. The Kier molecular flexibility index (Phi) is 10.1. The first-order valence-electron chi connectivity index (χ1n) is 12.8. The Labute approximate surface area is 235 Å². The monoisotopic (exact) mass is 608 g/mol. The topological polar surface area (TPSA) is 108 Å². The van der Waals surface area contributed by atoms with Crippen molar-refractivity contribution in [3.05, 3.63) is 34.4 Å². The van der Waals surface area contributed by atoms with Gasteiger partial charge in [-0.1, -0.05) is 41.5 Å². The van der Waals surface area contributed by atoms with Crippen LogP contribution in [0.2, 0.25) is 36.3 Å². The summed E-state index contributed by atoms with van der Waals surface area (Å²) in [6.07, 6.45) is -0.579. The highest BCUT2D eigenvalue weighted by atomic mass is 35.5. The normalized spacial score (nSPS) is 19.9. The zero-order valence-corrected chi connectivity index (χ0v) is 28.0. The molecule has 218 valence electrons. The Balaban J connectivity index is 2.50. The Bertz CT molecular complexity index is 1050. The standard InChI is InChI=1S/C25H45ClN2O7SSi2/c1-23(2,3)37(7,8)33-18-25(19-34-38(9,10)24(4,5)6)17-27(16-21(15-26)35-25)36(31,32)22-13-11-20(12-14-22)28(29)30/h11-14,21H,15-19H2,1-10H3/t21-/m1/s1. The van der Waals surface area contributed by atoms with Crippen molar-refractivity contribution in [3.8, 4) is 0 Å². The summed E-state index contributed by atoms with van der Waals surface area (Å²) in [4.78, 5) is 10.5. The van der Waals surface area contributed by atoms with E-state index in [2.05, 4.69) is 67.7 Å². The number of morpholine rings is 1. The molecular formula is C25H45ClN2O7SSi2. The number of hydrogen-bond acceptors (Lipinski definition) is 7. The van der Waals surface area contributed by atoms with Crippen LogP contribution < -0.4 is 0 Å². The van der Waals surface area contributed by atoms with Crippen LogP contribution in [-0.2, 0) is 23.6 Å². The lowest BCUT2D eigenvalue weighted by Gasteiger charge is -2.49. The number of alkyl halides is 1. The third-order valence-corrected chi connectivity index (χ3v) is 19.3. The molecule has 9 nitrogen and oxygen atoms in total. The molecule has 0 aromatic heterocycles. The number of hydrogen-bond donors (Lipinski definition) is 0. The SMILES string of the molecule is CC(C)(C)[Si](C)(C)OCC1(CO[Si](C)(C)C(C)(C)C)CN(S(=O)(=O)c2ccc([N+](=O)[O-])cc2)C[C@@H](CCl)O1. The van der Waals surface area contributed by atoms with E-state index in [1.54, 1.807) is 0 Å². The van der Waals surface area contributed by atoms with Gasteiger partial charge in [0.15, 0.2) is 16.6 Å². The molecule has 1 aliphatic rings. The van der Waals surface area contributed by atoms with Gasteiger partial charge in [0.25, 0.3) is 5.69 Å². The molecular weight excluding hydrogens is 564 g/mol. The van der Waals surface area contributed by atoms with Crippen LogP contribution in [0.25, 0.3) is 0 Å². The number of non-ortho nitro benzene ring substituents is 1. The fourth-order valence-corrected chi connectivity index (χ4v) is 7.27. The van der Waals surface area contributed by atoms with Gasteiger partial charge in [-0.3, -0.25) is 10.1 Å². The Morgan fingerprint density at radius 2 is 1.47 bits per heavy atom. The van der Waals surface area contributed by atoms with Crippen molar-refractivity contribution in [1.29, 1.82) is 0 Å². The van der Waals surface area contributed by atoms with Crippen LogP contribution in [0.1, 0.15) is 41.5 Å². The minimum atomic E-state index is -4.00. The molecule has 13 heteroatoms. The minimum Gasteiger partial charge on any atom is -0.414 e. The van der Waals surface area contributed by atoms with Gasteiger partial charge in [-0.25, -0.2) is 8.42 Å². The second-order valence-electron chi connectivity index (χ2n) is 13.2. The first-order valence-corrected chi connectivity index (χ1v) is 20.6. The number of sulfonamides is 1. The molecule has 1 heterocycles. The van der Waals surface area contributed by atoms with E-state index in [9.17, 15) is 18.5 Å². The highest BCUT2D eigenvalue weighted by Gasteiger charge is 2.49. The molecule has 0 aliphatic carbocycles. The van der Waals surface area contributed by atoms with E-state index in [1.165, 1.54) is 28.6 Å². The second-order valence-corrected chi connectivity index (χ2v) is 25.1. The van der Waals surface area contributed by atoms with Gasteiger partial charge in [0.05, 0.1) is 29.1 Å². The van der Waals surface area contributed by atoms with Gasteiger partial charge in [0.2, 0.25) is 10.0 Å². The van der Waals surface area contributed by atoms with Gasteiger partial charge in [-0.15, -0.1) is 11.6 Å². The fraction of sp³-hybridized carbons (Fsp3) is 0.760. The van der Waals surface area contributed by atoms with Crippen molar-refractivity contribution in [2.45, 2.75) is 94.4 Å². The van der Waals surface area contributed by atoms with Gasteiger partial charge < -0.3 is 13.6 Å². The van der Waals surface area contributed by atoms with Crippen LogP contribution in [0.5, 0.6) is 0 Å². The fourth-order valence-electron chi connectivity index (χ4n) is 3.45. The molecule has 0 bridgehead atoms. The molecule has 0 saturated carbocycles. The van der Waals surface area contributed by atoms with Gasteiger partial charge in [0, 0.05) is 31.1 Å². The van der Waals surface area contributed by atoms with E-state index >= 15 is 0 Å². The molecule has 1 saturated heterocycles. The molecule has 1 aromatic rings. The van der Waals surface area contributed by atoms with Crippen LogP contribution in [0, 0.1) is 10.1 Å². The van der Waals surface area contributed by atoms with E-state index in [0.717, 1.165) is 0 Å². The van der Waals surface area contributed by atoms with Gasteiger partial charge in [-0.2, -0.15) is 4.31 Å². The highest BCUT2D eigenvalue weighted by molar-refractivity contribution is 7.89. The third kappa shape index (κ3) is 7.65. The summed E-state index contributed by atoms with van der Waals surface area (Å²) in [5, 5.41) is 11.0. The Morgan fingerprint density at radius 1 is 1.03 bits per heavy atom. The summed E-state index contributed by atoms with van der Waals surface area (Å²) in [6, 6.07) is 4.92. The van der Waals surface area contributed by atoms with Crippen molar-refractivity contribution in [3.63, 3.8) is 0 Å². The molecule has 0 N–H and O–H groups in total.